The number of hydrogen-bond donors (Lipinski definition) is 0. The summed E-state index contributed by atoms with van der Waals surface area (Å²) in [4.78, 5) is 29.7. The highest BCUT2D eigenvalue weighted by Crippen LogP contribution is 2.30. The molecule has 1 aliphatic heterocycles. The maximum absolute atomic E-state index is 13.5. The molecule has 0 atom stereocenters. The van der Waals surface area contributed by atoms with Crippen molar-refractivity contribution in [2.24, 2.45) is 0 Å². The van der Waals surface area contributed by atoms with Gasteiger partial charge in [0.1, 0.15) is 17.1 Å². The summed E-state index contributed by atoms with van der Waals surface area (Å²) in [6.45, 7) is 0. The van der Waals surface area contributed by atoms with Crippen molar-refractivity contribution >= 4 is 46.6 Å². The molecule has 6 heteroatoms. The van der Waals surface area contributed by atoms with E-state index in [2.05, 4.69) is 0 Å². The van der Waals surface area contributed by atoms with Crippen molar-refractivity contribution < 1.29 is 14.0 Å². The first-order valence-electron chi connectivity index (χ1n) is 10.3. The van der Waals surface area contributed by atoms with Gasteiger partial charge in [0, 0.05) is 5.56 Å². The first-order chi connectivity index (χ1) is 16.1. The Morgan fingerprint density at radius 1 is 0.636 bits per heavy atom. The number of furan rings is 1. The predicted molar refractivity (Wildman–Crippen MR) is 133 cm³/mol. The van der Waals surface area contributed by atoms with Gasteiger partial charge in [-0.15, -0.1) is 0 Å². The van der Waals surface area contributed by atoms with Crippen molar-refractivity contribution in [2.45, 2.75) is 0 Å². The molecular weight excluding hydrogens is 432 g/mol. The largest absolute Gasteiger partial charge is 0.457 e. The van der Waals surface area contributed by atoms with Gasteiger partial charge < -0.3 is 4.42 Å². The molecule has 1 aromatic heterocycles. The second-order valence-corrected chi connectivity index (χ2v) is 7.73. The van der Waals surface area contributed by atoms with Gasteiger partial charge >= 0.3 is 0 Å². The molecule has 1 aliphatic rings. The third-order valence-corrected chi connectivity index (χ3v) is 5.62. The molecule has 5 rings (SSSR count). The van der Waals surface area contributed by atoms with Crippen LogP contribution >= 0.6 is 12.2 Å². The van der Waals surface area contributed by atoms with E-state index in [-0.39, 0.29) is 10.7 Å². The number of carbonyl (C=O) groups excluding carboxylic acids is 2. The number of hydrogen-bond acceptors (Lipinski definition) is 4. The number of carbonyl (C=O) groups is 2. The van der Waals surface area contributed by atoms with Gasteiger partial charge in [0.15, 0.2) is 5.11 Å². The van der Waals surface area contributed by atoms with Gasteiger partial charge in [-0.05, 0) is 54.7 Å². The van der Waals surface area contributed by atoms with E-state index in [9.17, 15) is 9.59 Å². The lowest BCUT2D eigenvalue weighted by Crippen LogP contribution is -2.56. The summed E-state index contributed by atoms with van der Waals surface area (Å²) in [6.07, 6.45) is 1.48. The zero-order valence-electron chi connectivity index (χ0n) is 17.4. The lowest BCUT2D eigenvalue weighted by Gasteiger charge is -2.36. The van der Waals surface area contributed by atoms with Gasteiger partial charge in [0.2, 0.25) is 0 Å². The molecule has 33 heavy (non-hydrogen) atoms. The number of nitrogens with zero attached hydrogens (tertiary/aromatic N) is 2. The summed E-state index contributed by atoms with van der Waals surface area (Å²) in [5.41, 5.74) is 2.03. The first kappa shape index (κ1) is 20.6. The molecule has 3 aromatic carbocycles. The number of anilines is 2. The number of para-hydroxylation sites is 2. The predicted octanol–water partition coefficient (Wildman–Crippen LogP) is 5.69. The molecule has 0 saturated carbocycles. The SMILES string of the molecule is O=C1C(=Cc2ccc(-c3ccccc3)o2)C(=O)N(c2ccccc2)C(=S)N1c1ccccc1. The molecule has 1 saturated heterocycles. The molecule has 0 aliphatic carbocycles. The highest BCUT2D eigenvalue weighted by atomic mass is 32.1. The normalized spacial score (nSPS) is 14.1. The molecule has 1 fully saturated rings. The molecule has 0 radical (unpaired) electrons. The van der Waals surface area contributed by atoms with Crippen LogP contribution in [0.15, 0.2) is 113 Å². The third-order valence-electron chi connectivity index (χ3n) is 5.25. The Morgan fingerprint density at radius 3 is 1.64 bits per heavy atom. The fourth-order valence-corrected chi connectivity index (χ4v) is 4.05. The first-order valence-corrected chi connectivity index (χ1v) is 10.7. The van der Waals surface area contributed by atoms with Gasteiger partial charge in [0.25, 0.3) is 11.8 Å². The van der Waals surface area contributed by atoms with Crippen LogP contribution in [-0.2, 0) is 9.59 Å². The van der Waals surface area contributed by atoms with Crippen molar-refractivity contribution in [2.75, 3.05) is 9.80 Å². The zero-order valence-corrected chi connectivity index (χ0v) is 18.2. The van der Waals surface area contributed by atoms with Crippen LogP contribution in [0.4, 0.5) is 11.4 Å². The highest BCUT2D eigenvalue weighted by molar-refractivity contribution is 7.81. The summed E-state index contributed by atoms with van der Waals surface area (Å²) in [5, 5.41) is 0.101. The van der Waals surface area contributed by atoms with E-state index >= 15 is 0 Å². The molecule has 5 nitrogen and oxygen atoms in total. The van der Waals surface area contributed by atoms with Gasteiger partial charge in [-0.1, -0.05) is 66.7 Å². The van der Waals surface area contributed by atoms with E-state index in [1.54, 1.807) is 30.3 Å². The average Bonchev–Trinajstić information content (AvgIpc) is 3.33. The minimum atomic E-state index is -0.499. The van der Waals surface area contributed by atoms with Gasteiger partial charge in [-0.2, -0.15) is 0 Å². The molecule has 0 N–H and O–H groups in total. The van der Waals surface area contributed by atoms with Crippen LogP contribution in [0.1, 0.15) is 5.76 Å². The van der Waals surface area contributed by atoms with E-state index in [0.29, 0.717) is 22.9 Å². The Labute approximate surface area is 196 Å². The Bertz CT molecular complexity index is 1300. The minimum Gasteiger partial charge on any atom is -0.457 e. The standard InChI is InChI=1S/C27H18N2O3S/c30-25-23(18-22-16-17-24(32-22)19-10-4-1-5-11-19)26(31)29(21-14-8-3-9-15-21)27(33)28(25)20-12-6-2-7-13-20/h1-18H. The van der Waals surface area contributed by atoms with Crippen molar-refractivity contribution in [3.05, 3.63) is 114 Å². The smallest absolute Gasteiger partial charge is 0.270 e. The van der Waals surface area contributed by atoms with E-state index in [0.717, 1.165) is 5.56 Å². The second-order valence-electron chi connectivity index (χ2n) is 7.36. The Hall–Kier alpha value is -4.29. The van der Waals surface area contributed by atoms with Crippen LogP contribution in [0.3, 0.4) is 0 Å². The van der Waals surface area contributed by atoms with Gasteiger partial charge in [-0.3, -0.25) is 19.4 Å². The monoisotopic (exact) mass is 450 g/mol. The van der Waals surface area contributed by atoms with Crippen molar-refractivity contribution in [1.82, 2.24) is 0 Å². The molecule has 2 heterocycles. The molecule has 4 aromatic rings. The molecule has 0 bridgehead atoms. The average molecular weight is 451 g/mol. The number of rotatable bonds is 4. The summed E-state index contributed by atoms with van der Waals surface area (Å²) >= 11 is 5.61. The Morgan fingerprint density at radius 2 is 1.12 bits per heavy atom. The van der Waals surface area contributed by atoms with E-state index < -0.39 is 11.8 Å². The lowest BCUT2D eigenvalue weighted by molar-refractivity contribution is -0.120. The molecule has 0 spiro atoms. The van der Waals surface area contributed by atoms with Crippen LogP contribution in [-0.4, -0.2) is 16.9 Å². The Kier molecular flexibility index (Phi) is 5.42. The maximum atomic E-state index is 13.5. The molecule has 2 amide bonds. The van der Waals surface area contributed by atoms with Crippen LogP contribution in [0, 0.1) is 0 Å². The van der Waals surface area contributed by atoms with Crippen molar-refractivity contribution in [1.29, 1.82) is 0 Å². The molecular formula is C27H18N2O3S. The lowest BCUT2D eigenvalue weighted by atomic mass is 10.1. The number of amides is 2. The Balaban J connectivity index is 1.60. The summed E-state index contributed by atoms with van der Waals surface area (Å²) in [6, 6.07) is 31.3. The quantitative estimate of drug-likeness (QED) is 0.228. The minimum absolute atomic E-state index is 0.0368. The summed E-state index contributed by atoms with van der Waals surface area (Å²) < 4.78 is 5.93. The fourth-order valence-electron chi connectivity index (χ4n) is 3.67. The number of benzene rings is 3. The molecule has 0 unspecified atom stereocenters. The van der Waals surface area contributed by atoms with E-state index in [4.69, 9.17) is 16.6 Å². The van der Waals surface area contributed by atoms with Gasteiger partial charge in [-0.25, -0.2) is 0 Å². The van der Waals surface area contributed by atoms with Crippen molar-refractivity contribution in [3.8, 4) is 11.3 Å². The van der Waals surface area contributed by atoms with Crippen LogP contribution in [0.5, 0.6) is 0 Å². The maximum Gasteiger partial charge on any atom is 0.270 e. The third kappa shape index (κ3) is 3.88. The van der Waals surface area contributed by atoms with E-state index in [1.165, 1.54) is 15.9 Å². The summed E-state index contributed by atoms with van der Waals surface area (Å²) in [7, 11) is 0. The van der Waals surface area contributed by atoms with Crippen LogP contribution in [0.2, 0.25) is 0 Å². The highest BCUT2D eigenvalue weighted by Gasteiger charge is 2.41. The van der Waals surface area contributed by atoms with E-state index in [1.807, 2.05) is 72.8 Å². The summed E-state index contributed by atoms with van der Waals surface area (Å²) in [5.74, 6) is 0.0509. The second kappa shape index (κ2) is 8.68. The van der Waals surface area contributed by atoms with Crippen molar-refractivity contribution in [3.63, 3.8) is 0 Å². The number of thiocarbonyl (C=S) groups is 1. The molecule has 160 valence electrons. The fraction of sp³-hybridized carbons (Fsp3) is 0. The van der Waals surface area contributed by atoms with Crippen LogP contribution in [0.25, 0.3) is 17.4 Å². The van der Waals surface area contributed by atoms with Crippen LogP contribution < -0.4 is 9.80 Å². The zero-order chi connectivity index (χ0) is 22.8. The topological polar surface area (TPSA) is 53.8 Å². The van der Waals surface area contributed by atoms with Gasteiger partial charge in [0.05, 0.1) is 11.4 Å².